The molecule has 2 amide bonds. The van der Waals surface area contributed by atoms with Gasteiger partial charge in [-0.05, 0) is 67.9 Å². The summed E-state index contributed by atoms with van der Waals surface area (Å²) in [5.41, 5.74) is 3.69. The fraction of sp³-hybridized carbons (Fsp3) is 0.222. The summed E-state index contributed by atoms with van der Waals surface area (Å²) in [5.74, 6) is -1.03. The molecular weight excluding hydrogens is 354 g/mol. The summed E-state index contributed by atoms with van der Waals surface area (Å²) in [6.07, 6.45) is 3.36. The second-order valence-electron chi connectivity index (χ2n) is 6.01. The average Bonchev–Trinajstić information content (AvgIpc) is 2.98. The van der Waals surface area contributed by atoms with E-state index in [-0.39, 0.29) is 4.91 Å². The minimum absolute atomic E-state index is 0.216. The predicted molar refractivity (Wildman–Crippen MR) is 98.1 cm³/mol. The van der Waals surface area contributed by atoms with Crippen LogP contribution in [0.25, 0.3) is 11.9 Å². The molecule has 3 heterocycles. The number of carboxylic acid groups (broad SMARTS) is 1. The first-order valence-corrected chi connectivity index (χ1v) is 8.68. The standard InChI is InChI=1S/C18H17N3O4S/c1-10-4-5-19-15(6-10)21-11(2)7-13(12(21)3)8-14-17(24)20(9-16(22)23)18(25)26-14/h4-8H,9H2,1-3H3,(H,22,23)/b14-8+. The summed E-state index contributed by atoms with van der Waals surface area (Å²) in [4.78, 5) is 40.3. The van der Waals surface area contributed by atoms with E-state index in [9.17, 15) is 14.4 Å². The fourth-order valence-electron chi connectivity index (χ4n) is 2.84. The van der Waals surface area contributed by atoms with Crippen molar-refractivity contribution in [2.24, 2.45) is 0 Å². The van der Waals surface area contributed by atoms with Gasteiger partial charge in [-0.1, -0.05) is 0 Å². The first-order valence-electron chi connectivity index (χ1n) is 7.87. The molecule has 1 saturated heterocycles. The summed E-state index contributed by atoms with van der Waals surface area (Å²) in [7, 11) is 0. The number of hydrogen-bond acceptors (Lipinski definition) is 5. The number of rotatable bonds is 4. The molecular formula is C18H17N3O4S. The van der Waals surface area contributed by atoms with Crippen molar-refractivity contribution < 1.29 is 19.5 Å². The van der Waals surface area contributed by atoms with Crippen molar-refractivity contribution in [3.05, 3.63) is 51.8 Å². The van der Waals surface area contributed by atoms with Crippen molar-refractivity contribution in [3.8, 4) is 5.82 Å². The highest BCUT2D eigenvalue weighted by Gasteiger charge is 2.36. The minimum Gasteiger partial charge on any atom is -0.480 e. The zero-order valence-electron chi connectivity index (χ0n) is 14.5. The third-order valence-corrected chi connectivity index (χ3v) is 4.96. The Bertz CT molecular complexity index is 961. The first-order chi connectivity index (χ1) is 12.3. The van der Waals surface area contributed by atoms with Gasteiger partial charge >= 0.3 is 5.97 Å². The fourth-order valence-corrected chi connectivity index (χ4v) is 3.67. The zero-order chi connectivity index (χ0) is 19.0. The van der Waals surface area contributed by atoms with E-state index in [1.54, 1.807) is 12.3 Å². The number of carboxylic acids is 1. The Kier molecular flexibility index (Phi) is 4.69. The molecule has 0 spiro atoms. The molecule has 1 N–H and O–H groups in total. The van der Waals surface area contributed by atoms with Crippen molar-refractivity contribution in [2.45, 2.75) is 20.8 Å². The van der Waals surface area contributed by atoms with Gasteiger partial charge in [0.15, 0.2) is 0 Å². The molecule has 2 aromatic heterocycles. The summed E-state index contributed by atoms with van der Waals surface area (Å²) < 4.78 is 1.97. The molecule has 26 heavy (non-hydrogen) atoms. The van der Waals surface area contributed by atoms with E-state index in [0.29, 0.717) is 0 Å². The number of nitrogens with zero attached hydrogens (tertiary/aromatic N) is 3. The number of imide groups is 1. The molecule has 1 aliphatic rings. The van der Waals surface area contributed by atoms with E-state index in [0.717, 1.165) is 45.0 Å². The average molecular weight is 371 g/mol. The van der Waals surface area contributed by atoms with Gasteiger partial charge in [-0.25, -0.2) is 4.98 Å². The van der Waals surface area contributed by atoms with Crippen LogP contribution in [0, 0.1) is 20.8 Å². The van der Waals surface area contributed by atoms with Crippen molar-refractivity contribution in [1.29, 1.82) is 0 Å². The van der Waals surface area contributed by atoms with Gasteiger partial charge in [0.05, 0.1) is 4.91 Å². The largest absolute Gasteiger partial charge is 0.480 e. The predicted octanol–water partition coefficient (Wildman–Crippen LogP) is 2.92. The summed E-state index contributed by atoms with van der Waals surface area (Å²) in [6, 6.07) is 5.78. The van der Waals surface area contributed by atoms with Crippen LogP contribution in [0.4, 0.5) is 4.79 Å². The Labute approximate surface area is 154 Å². The van der Waals surface area contributed by atoms with Crippen LogP contribution < -0.4 is 0 Å². The molecule has 8 heteroatoms. The van der Waals surface area contributed by atoms with Crippen LogP contribution in [-0.4, -0.2) is 43.2 Å². The van der Waals surface area contributed by atoms with E-state index in [4.69, 9.17) is 5.11 Å². The number of aliphatic carboxylic acids is 1. The van der Waals surface area contributed by atoms with Crippen LogP contribution in [0.2, 0.25) is 0 Å². The van der Waals surface area contributed by atoms with Crippen LogP contribution in [0.15, 0.2) is 29.3 Å². The molecule has 1 aliphatic heterocycles. The Morgan fingerprint density at radius 3 is 2.65 bits per heavy atom. The number of thioether (sulfide) groups is 1. The molecule has 0 atom stereocenters. The Morgan fingerprint density at radius 1 is 1.27 bits per heavy atom. The molecule has 1 fully saturated rings. The van der Waals surface area contributed by atoms with E-state index >= 15 is 0 Å². The Morgan fingerprint density at radius 2 is 2.00 bits per heavy atom. The van der Waals surface area contributed by atoms with Gasteiger partial charge in [-0.2, -0.15) is 0 Å². The lowest BCUT2D eigenvalue weighted by Gasteiger charge is -2.09. The van der Waals surface area contributed by atoms with Crippen molar-refractivity contribution in [3.63, 3.8) is 0 Å². The number of pyridine rings is 1. The van der Waals surface area contributed by atoms with Gasteiger partial charge in [0, 0.05) is 17.6 Å². The maximum Gasteiger partial charge on any atom is 0.323 e. The molecule has 3 rings (SSSR count). The number of hydrogen-bond donors (Lipinski definition) is 1. The minimum atomic E-state index is -1.22. The van der Waals surface area contributed by atoms with E-state index in [1.165, 1.54) is 0 Å². The molecule has 0 aromatic carbocycles. The maximum absolute atomic E-state index is 12.3. The second kappa shape index (κ2) is 6.80. The highest BCUT2D eigenvalue weighted by molar-refractivity contribution is 8.18. The van der Waals surface area contributed by atoms with Gasteiger partial charge < -0.3 is 9.67 Å². The van der Waals surface area contributed by atoms with E-state index < -0.39 is 23.7 Å². The molecule has 2 aromatic rings. The van der Waals surface area contributed by atoms with E-state index in [1.807, 2.05) is 43.5 Å². The second-order valence-corrected chi connectivity index (χ2v) is 7.01. The van der Waals surface area contributed by atoms with E-state index in [2.05, 4.69) is 4.98 Å². The zero-order valence-corrected chi connectivity index (χ0v) is 15.3. The van der Waals surface area contributed by atoms with Crippen LogP contribution in [0.5, 0.6) is 0 Å². The highest BCUT2D eigenvalue weighted by atomic mass is 32.2. The molecule has 0 aliphatic carbocycles. The number of amides is 2. The number of carbonyl (C=O) groups excluding carboxylic acids is 2. The molecule has 134 valence electrons. The van der Waals surface area contributed by atoms with Crippen LogP contribution >= 0.6 is 11.8 Å². The normalized spacial score (nSPS) is 16.0. The Hall–Kier alpha value is -2.87. The molecule has 7 nitrogen and oxygen atoms in total. The first kappa shape index (κ1) is 17.9. The molecule has 0 unspecified atom stereocenters. The van der Waals surface area contributed by atoms with Gasteiger partial charge in [0.2, 0.25) is 0 Å². The van der Waals surface area contributed by atoms with Crippen LogP contribution in [-0.2, 0) is 9.59 Å². The third-order valence-electron chi connectivity index (χ3n) is 4.05. The van der Waals surface area contributed by atoms with Gasteiger partial charge in [0.25, 0.3) is 11.1 Å². The molecule has 0 saturated carbocycles. The Balaban J connectivity index is 1.98. The van der Waals surface area contributed by atoms with Crippen molar-refractivity contribution in [2.75, 3.05) is 6.54 Å². The SMILES string of the molecule is Cc1ccnc(-n2c(C)cc(/C=C3/SC(=O)N(CC(=O)O)C3=O)c2C)c1. The number of aryl methyl sites for hydroxylation is 2. The highest BCUT2D eigenvalue weighted by Crippen LogP contribution is 2.33. The van der Waals surface area contributed by atoms with Crippen LogP contribution in [0.3, 0.4) is 0 Å². The van der Waals surface area contributed by atoms with Gasteiger partial charge in [-0.15, -0.1) is 0 Å². The van der Waals surface area contributed by atoms with Gasteiger partial charge in [-0.3, -0.25) is 19.3 Å². The van der Waals surface area contributed by atoms with Gasteiger partial charge in [0.1, 0.15) is 12.4 Å². The third kappa shape index (κ3) is 3.28. The lowest BCUT2D eigenvalue weighted by Crippen LogP contribution is -2.33. The summed E-state index contributed by atoms with van der Waals surface area (Å²) in [5, 5.41) is 8.26. The number of carbonyl (C=O) groups is 3. The number of aromatic nitrogens is 2. The maximum atomic E-state index is 12.3. The monoisotopic (exact) mass is 371 g/mol. The summed E-state index contributed by atoms with van der Waals surface area (Å²) in [6.45, 7) is 5.20. The quantitative estimate of drug-likeness (QED) is 0.831. The van der Waals surface area contributed by atoms with Crippen molar-refractivity contribution >= 4 is 35.0 Å². The lowest BCUT2D eigenvalue weighted by molar-refractivity contribution is -0.140. The molecule has 0 radical (unpaired) electrons. The topological polar surface area (TPSA) is 92.5 Å². The summed E-state index contributed by atoms with van der Waals surface area (Å²) >= 11 is 0.751. The molecule has 0 bridgehead atoms. The van der Waals surface area contributed by atoms with Crippen molar-refractivity contribution in [1.82, 2.24) is 14.5 Å². The lowest BCUT2D eigenvalue weighted by atomic mass is 10.2. The smallest absolute Gasteiger partial charge is 0.323 e. The van der Waals surface area contributed by atoms with Crippen LogP contribution in [0.1, 0.15) is 22.5 Å².